The van der Waals surface area contributed by atoms with Gasteiger partial charge in [-0.2, -0.15) is 0 Å². The second-order valence-corrected chi connectivity index (χ2v) is 6.21. The Labute approximate surface area is 129 Å². The summed E-state index contributed by atoms with van der Waals surface area (Å²) in [6.45, 7) is 6.36. The number of nitrogens with zero attached hydrogens (tertiary/aromatic N) is 1. The first-order valence-corrected chi connectivity index (χ1v) is 7.37. The third-order valence-electron chi connectivity index (χ3n) is 3.17. The summed E-state index contributed by atoms with van der Waals surface area (Å²) in [5, 5.41) is 0. The molecular formula is C17H19ClFNO. The maximum Gasteiger partial charge on any atom is 0.165 e. The summed E-state index contributed by atoms with van der Waals surface area (Å²) in [5.74, 6) is 0.236. The standard InChI is InChI=1S/C17H19ClFNO/c1-17(2,3)12-7-8-16(15(19)9-12)21-11-14-6-4-5-13(10-18)20-14/h4-9H,10-11H2,1-3H3. The van der Waals surface area contributed by atoms with Gasteiger partial charge in [0.25, 0.3) is 0 Å². The summed E-state index contributed by atoms with van der Waals surface area (Å²) in [4.78, 5) is 4.31. The van der Waals surface area contributed by atoms with E-state index in [1.54, 1.807) is 6.07 Å². The molecule has 2 rings (SSSR count). The first-order valence-electron chi connectivity index (χ1n) is 6.84. The van der Waals surface area contributed by atoms with E-state index in [1.165, 1.54) is 6.07 Å². The summed E-state index contributed by atoms with van der Waals surface area (Å²) < 4.78 is 19.6. The van der Waals surface area contributed by atoms with E-state index in [-0.39, 0.29) is 23.6 Å². The van der Waals surface area contributed by atoms with E-state index in [2.05, 4.69) is 4.98 Å². The molecule has 0 unspecified atom stereocenters. The highest BCUT2D eigenvalue weighted by Gasteiger charge is 2.16. The van der Waals surface area contributed by atoms with Crippen LogP contribution in [0.4, 0.5) is 4.39 Å². The molecule has 2 nitrogen and oxygen atoms in total. The summed E-state index contributed by atoms with van der Waals surface area (Å²) in [6.07, 6.45) is 0. The first kappa shape index (κ1) is 15.8. The molecule has 0 fully saturated rings. The quantitative estimate of drug-likeness (QED) is 0.754. The minimum absolute atomic E-state index is 0.0877. The lowest BCUT2D eigenvalue weighted by molar-refractivity contribution is 0.285. The van der Waals surface area contributed by atoms with Crippen LogP contribution in [0.25, 0.3) is 0 Å². The minimum Gasteiger partial charge on any atom is -0.484 e. The zero-order valence-electron chi connectivity index (χ0n) is 12.5. The van der Waals surface area contributed by atoms with Crippen LogP contribution >= 0.6 is 11.6 Å². The highest BCUT2D eigenvalue weighted by Crippen LogP contribution is 2.27. The van der Waals surface area contributed by atoms with Crippen molar-refractivity contribution in [3.05, 3.63) is 59.2 Å². The van der Waals surface area contributed by atoms with Gasteiger partial charge in [0.1, 0.15) is 6.61 Å². The Morgan fingerprint density at radius 1 is 1.14 bits per heavy atom. The molecule has 0 aliphatic rings. The van der Waals surface area contributed by atoms with Crippen molar-refractivity contribution in [1.82, 2.24) is 4.98 Å². The van der Waals surface area contributed by atoms with Gasteiger partial charge in [-0.3, -0.25) is 4.98 Å². The monoisotopic (exact) mass is 307 g/mol. The second kappa shape index (κ2) is 6.44. The fourth-order valence-electron chi connectivity index (χ4n) is 1.92. The predicted molar refractivity (Wildman–Crippen MR) is 83.2 cm³/mol. The van der Waals surface area contributed by atoms with Crippen LogP contribution in [0, 0.1) is 5.82 Å². The number of hydrogen-bond donors (Lipinski definition) is 0. The van der Waals surface area contributed by atoms with Gasteiger partial charge in [0, 0.05) is 0 Å². The smallest absolute Gasteiger partial charge is 0.165 e. The van der Waals surface area contributed by atoms with E-state index in [9.17, 15) is 4.39 Å². The molecule has 0 aliphatic carbocycles. The molecule has 0 atom stereocenters. The Hall–Kier alpha value is -1.61. The summed E-state index contributed by atoms with van der Waals surface area (Å²) in [5.41, 5.74) is 2.36. The Balaban J connectivity index is 2.10. The van der Waals surface area contributed by atoms with Gasteiger partial charge >= 0.3 is 0 Å². The van der Waals surface area contributed by atoms with Gasteiger partial charge in [0.05, 0.1) is 17.3 Å². The van der Waals surface area contributed by atoms with Crippen molar-refractivity contribution in [3.63, 3.8) is 0 Å². The van der Waals surface area contributed by atoms with Crippen LogP contribution in [0.2, 0.25) is 0 Å². The van der Waals surface area contributed by atoms with Crippen molar-refractivity contribution in [2.45, 2.75) is 38.7 Å². The second-order valence-electron chi connectivity index (χ2n) is 5.94. The Kier molecular flexibility index (Phi) is 4.84. The molecule has 0 aliphatic heterocycles. The third-order valence-corrected chi connectivity index (χ3v) is 3.45. The number of hydrogen-bond acceptors (Lipinski definition) is 2. The lowest BCUT2D eigenvalue weighted by atomic mass is 9.87. The van der Waals surface area contributed by atoms with Gasteiger partial charge in [-0.15, -0.1) is 11.6 Å². The molecule has 0 spiro atoms. The number of rotatable bonds is 4. The third kappa shape index (κ3) is 4.18. The van der Waals surface area contributed by atoms with Gasteiger partial charge < -0.3 is 4.74 Å². The molecule has 0 saturated carbocycles. The molecule has 0 radical (unpaired) electrons. The molecular weight excluding hydrogens is 289 g/mol. The number of halogens is 2. The Morgan fingerprint density at radius 3 is 2.48 bits per heavy atom. The van der Waals surface area contributed by atoms with Crippen molar-refractivity contribution in [2.75, 3.05) is 0 Å². The Morgan fingerprint density at radius 2 is 1.86 bits per heavy atom. The molecule has 0 N–H and O–H groups in total. The highest BCUT2D eigenvalue weighted by atomic mass is 35.5. The van der Waals surface area contributed by atoms with E-state index in [1.807, 2.05) is 45.0 Å². The van der Waals surface area contributed by atoms with E-state index in [4.69, 9.17) is 16.3 Å². The van der Waals surface area contributed by atoms with Crippen molar-refractivity contribution in [3.8, 4) is 5.75 Å². The van der Waals surface area contributed by atoms with Crippen LogP contribution in [-0.2, 0) is 17.9 Å². The summed E-state index contributed by atoms with van der Waals surface area (Å²) >= 11 is 5.74. The number of aromatic nitrogens is 1. The van der Waals surface area contributed by atoms with Gasteiger partial charge in [-0.25, -0.2) is 4.39 Å². The molecule has 21 heavy (non-hydrogen) atoms. The van der Waals surface area contributed by atoms with Crippen molar-refractivity contribution < 1.29 is 9.13 Å². The van der Waals surface area contributed by atoms with Crippen molar-refractivity contribution >= 4 is 11.6 Å². The maximum absolute atomic E-state index is 14.1. The van der Waals surface area contributed by atoms with Gasteiger partial charge in [0.15, 0.2) is 11.6 Å². The zero-order chi connectivity index (χ0) is 15.5. The average molecular weight is 308 g/mol. The van der Waals surface area contributed by atoms with E-state index in [0.29, 0.717) is 5.88 Å². The molecule has 1 heterocycles. The first-order chi connectivity index (χ1) is 9.90. The van der Waals surface area contributed by atoms with Gasteiger partial charge in [0.2, 0.25) is 0 Å². The van der Waals surface area contributed by atoms with Crippen LogP contribution in [0.5, 0.6) is 5.75 Å². The summed E-state index contributed by atoms with van der Waals surface area (Å²) in [6, 6.07) is 10.6. The van der Waals surface area contributed by atoms with Crippen molar-refractivity contribution in [2.24, 2.45) is 0 Å². The van der Waals surface area contributed by atoms with Gasteiger partial charge in [-0.1, -0.05) is 32.9 Å². The van der Waals surface area contributed by atoms with E-state index in [0.717, 1.165) is 17.0 Å². The van der Waals surface area contributed by atoms with Crippen LogP contribution in [0.3, 0.4) is 0 Å². The van der Waals surface area contributed by atoms with Crippen LogP contribution in [0.15, 0.2) is 36.4 Å². The van der Waals surface area contributed by atoms with E-state index < -0.39 is 0 Å². The number of alkyl halides is 1. The minimum atomic E-state index is -0.351. The number of ether oxygens (including phenoxy) is 1. The summed E-state index contributed by atoms with van der Waals surface area (Å²) in [7, 11) is 0. The topological polar surface area (TPSA) is 22.1 Å². The number of benzene rings is 1. The normalized spacial score (nSPS) is 11.5. The SMILES string of the molecule is CC(C)(C)c1ccc(OCc2cccc(CCl)n2)c(F)c1. The molecule has 112 valence electrons. The molecule has 0 saturated heterocycles. The van der Waals surface area contributed by atoms with Crippen LogP contribution < -0.4 is 4.74 Å². The lowest BCUT2D eigenvalue weighted by Gasteiger charge is -2.19. The number of pyridine rings is 1. The molecule has 0 bridgehead atoms. The van der Waals surface area contributed by atoms with Gasteiger partial charge in [-0.05, 0) is 35.2 Å². The lowest BCUT2D eigenvalue weighted by Crippen LogP contribution is -2.11. The average Bonchev–Trinajstić information content (AvgIpc) is 2.45. The zero-order valence-corrected chi connectivity index (χ0v) is 13.2. The molecule has 1 aromatic heterocycles. The van der Waals surface area contributed by atoms with Crippen molar-refractivity contribution in [1.29, 1.82) is 0 Å². The molecule has 2 aromatic rings. The fourth-order valence-corrected chi connectivity index (χ4v) is 2.07. The van der Waals surface area contributed by atoms with E-state index >= 15 is 0 Å². The highest BCUT2D eigenvalue weighted by molar-refractivity contribution is 6.16. The predicted octanol–water partition coefficient (Wildman–Crippen LogP) is 4.84. The fraction of sp³-hybridized carbons (Fsp3) is 0.353. The largest absolute Gasteiger partial charge is 0.484 e. The maximum atomic E-state index is 14.1. The van der Waals surface area contributed by atoms with Crippen LogP contribution in [-0.4, -0.2) is 4.98 Å². The van der Waals surface area contributed by atoms with Crippen LogP contribution in [0.1, 0.15) is 37.7 Å². The molecule has 4 heteroatoms. The molecule has 1 aromatic carbocycles. The molecule has 0 amide bonds. The Bertz CT molecular complexity index is 622.